The molecule has 2 heterocycles. The minimum atomic E-state index is -0.419. The maximum atomic E-state index is 13.1. The monoisotopic (exact) mass is 350 g/mol. The Labute approximate surface area is 147 Å². The zero-order valence-electron chi connectivity index (χ0n) is 14.3. The first kappa shape index (κ1) is 17.4. The van der Waals surface area contributed by atoms with Gasteiger partial charge in [0, 0.05) is 31.0 Å². The average Bonchev–Trinajstić information content (AvgIpc) is 3.12. The predicted molar refractivity (Wildman–Crippen MR) is 93.7 cm³/mol. The summed E-state index contributed by atoms with van der Waals surface area (Å²) in [5, 5.41) is 5.16. The van der Waals surface area contributed by atoms with Gasteiger partial charge in [0.15, 0.2) is 0 Å². The quantitative estimate of drug-likeness (QED) is 0.858. The summed E-state index contributed by atoms with van der Waals surface area (Å²) in [7, 11) is 1.65. The molecule has 1 N–H and O–H groups in total. The molecule has 1 aromatic heterocycles. The summed E-state index contributed by atoms with van der Waals surface area (Å²) >= 11 is 1.65. The normalized spacial score (nSPS) is 27.0. The van der Waals surface area contributed by atoms with Gasteiger partial charge in [-0.05, 0) is 30.7 Å². The smallest absolute Gasteiger partial charge is 0.228 e. The number of fused-ring (bicyclic) bond motifs is 1. The minimum Gasteiger partial charge on any atom is -0.383 e. The van der Waals surface area contributed by atoms with Crippen LogP contribution in [0.5, 0.6) is 0 Å². The fraction of sp³-hybridized carbons (Fsp3) is 0.667. The number of likely N-dealkylation sites (tertiary alicyclic amines) is 1. The summed E-state index contributed by atoms with van der Waals surface area (Å²) in [6.07, 6.45) is 5.09. The lowest BCUT2D eigenvalue weighted by Crippen LogP contribution is -2.62. The van der Waals surface area contributed by atoms with Crippen LogP contribution in [0.2, 0.25) is 0 Å². The van der Waals surface area contributed by atoms with E-state index in [9.17, 15) is 9.59 Å². The van der Waals surface area contributed by atoms with Crippen molar-refractivity contribution in [2.75, 3.05) is 20.3 Å². The Morgan fingerprint density at radius 2 is 2.33 bits per heavy atom. The number of methoxy groups -OCH3 is 1. The number of thiophene rings is 1. The van der Waals surface area contributed by atoms with E-state index < -0.39 is 5.41 Å². The van der Waals surface area contributed by atoms with Crippen molar-refractivity contribution in [1.29, 1.82) is 0 Å². The van der Waals surface area contributed by atoms with Crippen molar-refractivity contribution in [1.82, 2.24) is 10.2 Å². The molecule has 1 saturated heterocycles. The van der Waals surface area contributed by atoms with Crippen LogP contribution in [0.1, 0.15) is 43.4 Å². The Kier molecular flexibility index (Phi) is 5.56. The molecule has 5 nitrogen and oxygen atoms in total. The maximum Gasteiger partial charge on any atom is 0.228 e. The highest BCUT2D eigenvalue weighted by Crippen LogP contribution is 2.46. The van der Waals surface area contributed by atoms with E-state index >= 15 is 0 Å². The molecule has 1 aromatic rings. The molecular weight excluding hydrogens is 324 g/mol. The van der Waals surface area contributed by atoms with Gasteiger partial charge in [0.25, 0.3) is 0 Å². The topological polar surface area (TPSA) is 58.6 Å². The molecule has 0 bridgehead atoms. The van der Waals surface area contributed by atoms with Crippen LogP contribution in [0.3, 0.4) is 0 Å². The number of nitrogens with zero attached hydrogens (tertiary/aromatic N) is 1. The largest absolute Gasteiger partial charge is 0.383 e. The molecule has 24 heavy (non-hydrogen) atoms. The number of nitrogens with one attached hydrogen (secondary N) is 1. The molecule has 2 aliphatic rings. The molecule has 0 unspecified atom stereocenters. The van der Waals surface area contributed by atoms with E-state index in [-0.39, 0.29) is 17.9 Å². The van der Waals surface area contributed by atoms with E-state index in [1.807, 2.05) is 22.4 Å². The Morgan fingerprint density at radius 1 is 1.46 bits per heavy atom. The van der Waals surface area contributed by atoms with Crippen molar-refractivity contribution in [2.45, 2.75) is 51.1 Å². The molecule has 2 atom stereocenters. The number of piperidine rings is 1. The molecule has 1 saturated carbocycles. The van der Waals surface area contributed by atoms with Crippen LogP contribution in [0.4, 0.5) is 0 Å². The number of carbonyl (C=O) groups is 2. The third-order valence-corrected chi connectivity index (χ3v) is 6.34. The first-order valence-electron chi connectivity index (χ1n) is 8.76. The van der Waals surface area contributed by atoms with Crippen molar-refractivity contribution in [3.63, 3.8) is 0 Å². The number of hydrogen-bond donors (Lipinski definition) is 1. The van der Waals surface area contributed by atoms with E-state index in [2.05, 4.69) is 5.32 Å². The second kappa shape index (κ2) is 7.66. The van der Waals surface area contributed by atoms with Crippen molar-refractivity contribution in [3.8, 4) is 0 Å². The number of carbonyl (C=O) groups excluding carboxylic acids is 2. The highest BCUT2D eigenvalue weighted by molar-refractivity contribution is 7.09. The van der Waals surface area contributed by atoms with Gasteiger partial charge < -0.3 is 15.0 Å². The molecule has 0 radical (unpaired) electrons. The Balaban J connectivity index is 1.76. The second-order valence-electron chi connectivity index (χ2n) is 6.76. The maximum absolute atomic E-state index is 13.1. The van der Waals surface area contributed by atoms with Crippen LogP contribution in [-0.4, -0.2) is 43.0 Å². The van der Waals surface area contributed by atoms with Gasteiger partial charge >= 0.3 is 0 Å². The molecular formula is C18H26N2O3S. The summed E-state index contributed by atoms with van der Waals surface area (Å²) in [6, 6.07) is 4.06. The number of ether oxygens (including phenoxy) is 1. The van der Waals surface area contributed by atoms with Crippen LogP contribution in [0, 0.1) is 5.41 Å². The third-order valence-electron chi connectivity index (χ3n) is 5.46. The Morgan fingerprint density at radius 3 is 3.08 bits per heavy atom. The molecule has 1 aliphatic carbocycles. The van der Waals surface area contributed by atoms with Crippen LogP contribution < -0.4 is 5.32 Å². The van der Waals surface area contributed by atoms with Crippen molar-refractivity contribution in [3.05, 3.63) is 22.4 Å². The van der Waals surface area contributed by atoms with Gasteiger partial charge in [0.2, 0.25) is 11.8 Å². The molecule has 0 aromatic carbocycles. The number of hydrogen-bond acceptors (Lipinski definition) is 4. The summed E-state index contributed by atoms with van der Waals surface area (Å²) in [5.41, 5.74) is -0.419. The lowest BCUT2D eigenvalue weighted by atomic mass is 9.64. The van der Waals surface area contributed by atoms with Crippen LogP contribution >= 0.6 is 11.3 Å². The first-order valence-corrected chi connectivity index (χ1v) is 9.64. The van der Waals surface area contributed by atoms with E-state index in [0.717, 1.165) is 30.6 Å². The zero-order chi connectivity index (χ0) is 17.0. The van der Waals surface area contributed by atoms with Gasteiger partial charge in [-0.2, -0.15) is 0 Å². The number of rotatable bonds is 6. The van der Waals surface area contributed by atoms with Gasteiger partial charge in [-0.15, -0.1) is 11.3 Å². The summed E-state index contributed by atoms with van der Waals surface area (Å²) in [4.78, 5) is 28.6. The lowest BCUT2D eigenvalue weighted by molar-refractivity contribution is -0.156. The highest BCUT2D eigenvalue weighted by atomic mass is 32.1. The van der Waals surface area contributed by atoms with Crippen molar-refractivity contribution < 1.29 is 14.3 Å². The van der Waals surface area contributed by atoms with Crippen LogP contribution in [0.15, 0.2) is 17.5 Å². The SMILES string of the molecule is COCCN1C(=O)CC[C@]2(C(=O)NCc3cccs3)CCCC[C@@H]12. The average molecular weight is 350 g/mol. The molecule has 3 rings (SSSR count). The van der Waals surface area contributed by atoms with E-state index in [4.69, 9.17) is 4.74 Å². The van der Waals surface area contributed by atoms with Crippen LogP contribution in [0.25, 0.3) is 0 Å². The fourth-order valence-electron chi connectivity index (χ4n) is 4.22. The summed E-state index contributed by atoms with van der Waals surface area (Å²) in [6.45, 7) is 1.69. The zero-order valence-corrected chi connectivity index (χ0v) is 15.1. The summed E-state index contributed by atoms with van der Waals surface area (Å²) in [5.74, 6) is 0.288. The summed E-state index contributed by atoms with van der Waals surface area (Å²) < 4.78 is 5.17. The van der Waals surface area contributed by atoms with Crippen molar-refractivity contribution >= 4 is 23.2 Å². The molecule has 2 amide bonds. The Hall–Kier alpha value is -1.40. The van der Waals surface area contributed by atoms with E-state index in [1.54, 1.807) is 18.4 Å². The van der Waals surface area contributed by atoms with Gasteiger partial charge in [-0.3, -0.25) is 9.59 Å². The second-order valence-corrected chi connectivity index (χ2v) is 7.79. The van der Waals surface area contributed by atoms with Crippen molar-refractivity contribution in [2.24, 2.45) is 5.41 Å². The van der Waals surface area contributed by atoms with Gasteiger partial charge in [-0.25, -0.2) is 0 Å². The predicted octanol–water partition coefficient (Wildman–Crippen LogP) is 2.56. The van der Waals surface area contributed by atoms with Gasteiger partial charge in [0.05, 0.1) is 18.6 Å². The standard InChI is InChI=1S/C18H26N2O3S/c1-23-11-10-20-15-6-2-3-8-18(15,9-7-16(20)21)17(22)19-13-14-5-4-12-24-14/h4-5,12,15H,2-3,6-11,13H2,1H3,(H,19,22)/t15-,18-/m1/s1. The molecule has 1 aliphatic heterocycles. The third kappa shape index (κ3) is 3.35. The van der Waals surface area contributed by atoms with E-state index in [0.29, 0.717) is 32.5 Å². The lowest BCUT2D eigenvalue weighted by Gasteiger charge is -2.51. The molecule has 2 fully saturated rings. The number of amides is 2. The first-order chi connectivity index (χ1) is 11.7. The Bertz CT molecular complexity index is 575. The fourth-order valence-corrected chi connectivity index (χ4v) is 4.86. The van der Waals surface area contributed by atoms with Gasteiger partial charge in [0.1, 0.15) is 0 Å². The van der Waals surface area contributed by atoms with Gasteiger partial charge in [-0.1, -0.05) is 18.9 Å². The van der Waals surface area contributed by atoms with E-state index in [1.165, 1.54) is 0 Å². The highest BCUT2D eigenvalue weighted by Gasteiger charge is 2.52. The molecule has 0 spiro atoms. The molecule has 132 valence electrons. The van der Waals surface area contributed by atoms with Crippen LogP contribution in [-0.2, 0) is 20.9 Å². The molecule has 6 heteroatoms. The minimum absolute atomic E-state index is 0.0194.